The molecule has 2 fully saturated rings. The van der Waals surface area contributed by atoms with Gasteiger partial charge in [-0.1, -0.05) is 29.8 Å². The molecule has 0 amide bonds. The van der Waals surface area contributed by atoms with E-state index in [0.29, 0.717) is 0 Å². The van der Waals surface area contributed by atoms with Crippen LogP contribution in [0.5, 0.6) is 0 Å². The minimum absolute atomic E-state index is 0.0770. The van der Waals surface area contributed by atoms with Gasteiger partial charge < -0.3 is 9.84 Å². The van der Waals surface area contributed by atoms with Crippen LogP contribution in [0.1, 0.15) is 31.0 Å². The average Bonchev–Trinajstić information content (AvgIpc) is 2.98. The number of aliphatic hydroxyl groups excluding tert-OH is 1. The molecular formula is C16H21NO4. The van der Waals surface area contributed by atoms with E-state index in [0.717, 1.165) is 11.1 Å². The zero-order valence-electron chi connectivity index (χ0n) is 12.5. The normalized spacial score (nSPS) is 33.8. The zero-order chi connectivity index (χ0) is 15.1. The van der Waals surface area contributed by atoms with Crippen molar-refractivity contribution < 1.29 is 19.5 Å². The number of cyclic esters (lactones) is 1. The monoisotopic (exact) mass is 291 g/mol. The van der Waals surface area contributed by atoms with Crippen LogP contribution in [-0.2, 0) is 14.4 Å². The summed E-state index contributed by atoms with van der Waals surface area (Å²) in [6.45, 7) is 5.78. The molecule has 0 aliphatic carbocycles. The number of hydroxylamine groups is 2. The first-order valence-electron chi connectivity index (χ1n) is 7.36. The third-order valence-corrected chi connectivity index (χ3v) is 4.50. The van der Waals surface area contributed by atoms with E-state index >= 15 is 0 Å². The number of hydrogen-bond donors (Lipinski definition) is 1. The maximum atomic E-state index is 12.1. The lowest BCUT2D eigenvalue weighted by molar-refractivity contribution is -0.207. The van der Waals surface area contributed by atoms with Gasteiger partial charge in [0.1, 0.15) is 18.2 Å². The molecule has 2 aliphatic heterocycles. The molecule has 0 spiro atoms. The highest BCUT2D eigenvalue weighted by molar-refractivity contribution is 5.79. The predicted octanol–water partition coefficient (Wildman–Crippen LogP) is 1.59. The summed E-state index contributed by atoms with van der Waals surface area (Å²) in [5.74, 6) is -0.377. The maximum Gasteiger partial charge on any atom is 0.326 e. The summed E-state index contributed by atoms with van der Waals surface area (Å²) >= 11 is 0. The van der Waals surface area contributed by atoms with Gasteiger partial charge in [0.05, 0.1) is 18.6 Å². The van der Waals surface area contributed by atoms with Gasteiger partial charge in [-0.05, 0) is 26.3 Å². The Morgan fingerprint density at radius 2 is 2.19 bits per heavy atom. The number of benzene rings is 1. The second kappa shape index (κ2) is 5.40. The SMILES string of the molecule is Cc1cccc(C(C)N2OC(CO)[C@H]3[C@H](C)OC(=O)[C@H]32)c1. The first kappa shape index (κ1) is 14.5. The first-order valence-corrected chi connectivity index (χ1v) is 7.36. The van der Waals surface area contributed by atoms with Crippen LogP contribution in [0.2, 0.25) is 0 Å². The van der Waals surface area contributed by atoms with Crippen molar-refractivity contribution in [3.63, 3.8) is 0 Å². The fraction of sp³-hybridized carbons (Fsp3) is 0.562. The van der Waals surface area contributed by atoms with E-state index in [-0.39, 0.29) is 36.7 Å². The van der Waals surface area contributed by atoms with Crippen LogP contribution in [0.25, 0.3) is 0 Å². The fourth-order valence-corrected chi connectivity index (χ4v) is 3.38. The van der Waals surface area contributed by atoms with Crippen LogP contribution in [0.4, 0.5) is 0 Å². The van der Waals surface area contributed by atoms with Gasteiger partial charge in [-0.2, -0.15) is 5.06 Å². The van der Waals surface area contributed by atoms with Gasteiger partial charge in [0, 0.05) is 0 Å². The van der Waals surface area contributed by atoms with Gasteiger partial charge in [-0.15, -0.1) is 0 Å². The van der Waals surface area contributed by atoms with Gasteiger partial charge in [0.15, 0.2) is 0 Å². The second-order valence-electron chi connectivity index (χ2n) is 5.94. The highest BCUT2D eigenvalue weighted by atomic mass is 16.7. The van der Waals surface area contributed by atoms with Crippen molar-refractivity contribution >= 4 is 5.97 Å². The Hall–Kier alpha value is -1.43. The number of esters is 1. The number of fused-ring (bicyclic) bond motifs is 1. The Morgan fingerprint density at radius 3 is 2.86 bits per heavy atom. The second-order valence-corrected chi connectivity index (χ2v) is 5.94. The van der Waals surface area contributed by atoms with Gasteiger partial charge in [-0.3, -0.25) is 9.63 Å². The third kappa shape index (κ3) is 2.35. The summed E-state index contributed by atoms with van der Waals surface area (Å²) in [5, 5.41) is 11.2. The van der Waals surface area contributed by atoms with Crippen LogP contribution in [0.15, 0.2) is 24.3 Å². The van der Waals surface area contributed by atoms with E-state index in [1.54, 1.807) is 5.06 Å². The molecule has 0 saturated carbocycles. The lowest BCUT2D eigenvalue weighted by Gasteiger charge is -2.27. The Labute approximate surface area is 124 Å². The number of hydrogen-bond acceptors (Lipinski definition) is 5. The Kier molecular flexibility index (Phi) is 3.73. The quantitative estimate of drug-likeness (QED) is 0.857. The molecule has 0 radical (unpaired) electrons. The summed E-state index contributed by atoms with van der Waals surface area (Å²) in [7, 11) is 0. The summed E-state index contributed by atoms with van der Waals surface area (Å²) in [5.41, 5.74) is 2.25. The van der Waals surface area contributed by atoms with E-state index in [9.17, 15) is 9.90 Å². The highest BCUT2D eigenvalue weighted by Gasteiger charge is 2.57. The predicted molar refractivity (Wildman–Crippen MR) is 76.2 cm³/mol. The molecule has 0 aromatic heterocycles. The van der Waals surface area contributed by atoms with Crippen molar-refractivity contribution in [3.8, 4) is 0 Å². The molecule has 3 rings (SSSR count). The van der Waals surface area contributed by atoms with Crippen LogP contribution >= 0.6 is 0 Å². The van der Waals surface area contributed by atoms with Crippen LogP contribution < -0.4 is 0 Å². The summed E-state index contributed by atoms with van der Waals surface area (Å²) in [6, 6.07) is 7.62. The summed E-state index contributed by atoms with van der Waals surface area (Å²) < 4.78 is 5.33. The Balaban J connectivity index is 1.90. The number of rotatable bonds is 3. The molecular weight excluding hydrogens is 270 g/mol. The fourth-order valence-electron chi connectivity index (χ4n) is 3.38. The van der Waals surface area contributed by atoms with E-state index in [1.165, 1.54) is 0 Å². The van der Waals surface area contributed by atoms with Gasteiger partial charge >= 0.3 is 5.97 Å². The summed E-state index contributed by atoms with van der Waals surface area (Å²) in [6.07, 6.45) is -0.613. The van der Waals surface area contributed by atoms with Crippen LogP contribution in [0, 0.1) is 12.8 Å². The van der Waals surface area contributed by atoms with Crippen LogP contribution in [0.3, 0.4) is 0 Å². The molecule has 1 N–H and O–H groups in total. The topological polar surface area (TPSA) is 59.0 Å². The van der Waals surface area contributed by atoms with E-state index in [1.807, 2.05) is 39.0 Å². The smallest absolute Gasteiger partial charge is 0.326 e. The standard InChI is InChI=1S/C16H21NO4/c1-9-5-4-6-12(7-9)10(2)17-15-14(13(8-18)21-17)11(3)20-16(15)19/h4-7,10-11,13-15,18H,8H2,1-3H3/t10?,11-,13?,14+,15-/m0/s1. The number of carbonyl (C=O) groups excluding carboxylic acids is 1. The molecule has 5 atom stereocenters. The molecule has 5 nitrogen and oxygen atoms in total. The zero-order valence-corrected chi connectivity index (χ0v) is 12.5. The van der Waals surface area contributed by atoms with Gasteiger partial charge in [0.2, 0.25) is 0 Å². The first-order chi connectivity index (χ1) is 10.0. The van der Waals surface area contributed by atoms with Crippen molar-refractivity contribution in [2.45, 2.75) is 45.1 Å². The molecule has 1 aromatic rings. The number of nitrogens with zero attached hydrogens (tertiary/aromatic N) is 1. The van der Waals surface area contributed by atoms with Crippen molar-refractivity contribution in [3.05, 3.63) is 35.4 Å². The van der Waals surface area contributed by atoms with Gasteiger partial charge in [-0.25, -0.2) is 0 Å². The van der Waals surface area contributed by atoms with Crippen molar-refractivity contribution in [2.24, 2.45) is 5.92 Å². The van der Waals surface area contributed by atoms with E-state index in [2.05, 4.69) is 6.07 Å². The van der Waals surface area contributed by atoms with E-state index in [4.69, 9.17) is 9.57 Å². The summed E-state index contributed by atoms with van der Waals surface area (Å²) in [4.78, 5) is 18.0. The molecule has 2 aliphatic rings. The number of carbonyl (C=O) groups is 1. The number of aryl methyl sites for hydroxylation is 1. The maximum absolute atomic E-state index is 12.1. The number of ether oxygens (including phenoxy) is 1. The minimum Gasteiger partial charge on any atom is -0.461 e. The van der Waals surface area contributed by atoms with Crippen molar-refractivity contribution in [1.29, 1.82) is 0 Å². The Morgan fingerprint density at radius 1 is 1.43 bits per heavy atom. The van der Waals surface area contributed by atoms with E-state index < -0.39 is 6.04 Å². The molecule has 2 unspecified atom stereocenters. The average molecular weight is 291 g/mol. The third-order valence-electron chi connectivity index (χ3n) is 4.50. The minimum atomic E-state index is -0.437. The van der Waals surface area contributed by atoms with Crippen LogP contribution in [-0.4, -0.2) is 41.0 Å². The van der Waals surface area contributed by atoms with Crippen molar-refractivity contribution in [2.75, 3.05) is 6.61 Å². The largest absolute Gasteiger partial charge is 0.461 e. The lowest BCUT2D eigenvalue weighted by Crippen LogP contribution is -2.37. The molecule has 1 aromatic carbocycles. The lowest BCUT2D eigenvalue weighted by atomic mass is 9.92. The highest BCUT2D eigenvalue weighted by Crippen LogP contribution is 2.41. The number of aliphatic hydroxyl groups is 1. The molecule has 2 saturated heterocycles. The molecule has 114 valence electrons. The molecule has 0 bridgehead atoms. The molecule has 21 heavy (non-hydrogen) atoms. The molecule has 2 heterocycles. The van der Waals surface area contributed by atoms with Crippen molar-refractivity contribution in [1.82, 2.24) is 5.06 Å². The molecule has 5 heteroatoms. The Bertz CT molecular complexity index is 547. The van der Waals surface area contributed by atoms with Gasteiger partial charge in [0.25, 0.3) is 0 Å².